The smallest absolute Gasteiger partial charge is 0.278 e. The lowest BCUT2D eigenvalue weighted by atomic mass is 9.96. The summed E-state index contributed by atoms with van der Waals surface area (Å²) in [4.78, 5) is 30.0. The number of aliphatic hydroxyl groups excluding tert-OH is 1. The van der Waals surface area contributed by atoms with Crippen LogP contribution in [0.2, 0.25) is 0 Å². The summed E-state index contributed by atoms with van der Waals surface area (Å²) in [5.41, 5.74) is 3.86. The minimum atomic E-state index is -0.442. The summed E-state index contributed by atoms with van der Waals surface area (Å²) in [7, 11) is 0. The Balaban J connectivity index is 1.77. The first kappa shape index (κ1) is 21.2. The third-order valence-corrected chi connectivity index (χ3v) is 6.32. The largest absolute Gasteiger partial charge is 0.396 e. The number of aryl methyl sites for hydroxylation is 2. The highest BCUT2D eigenvalue weighted by atomic mass is 19.1. The third kappa shape index (κ3) is 4.00. The van der Waals surface area contributed by atoms with Crippen LogP contribution in [0.1, 0.15) is 35.1 Å². The van der Waals surface area contributed by atoms with Crippen molar-refractivity contribution in [2.75, 3.05) is 19.7 Å². The van der Waals surface area contributed by atoms with Crippen LogP contribution in [-0.4, -0.2) is 46.4 Å². The molecule has 4 rings (SSSR count). The Morgan fingerprint density at radius 3 is 2.55 bits per heavy atom. The highest BCUT2D eigenvalue weighted by Gasteiger charge is 2.42. The van der Waals surface area contributed by atoms with E-state index in [1.54, 1.807) is 18.2 Å². The number of rotatable bonds is 5. The lowest BCUT2D eigenvalue weighted by Crippen LogP contribution is -2.40. The zero-order valence-corrected chi connectivity index (χ0v) is 17.9. The van der Waals surface area contributed by atoms with Crippen LogP contribution in [0.3, 0.4) is 0 Å². The van der Waals surface area contributed by atoms with Crippen LogP contribution < -0.4 is 0 Å². The zero-order chi connectivity index (χ0) is 22.1. The summed E-state index contributed by atoms with van der Waals surface area (Å²) in [6.07, 6.45) is 1.73. The van der Waals surface area contributed by atoms with Gasteiger partial charge in [-0.25, -0.2) is 4.39 Å². The summed E-state index contributed by atoms with van der Waals surface area (Å²) in [6.45, 7) is 5.07. The van der Waals surface area contributed by atoms with Gasteiger partial charge in [0.1, 0.15) is 11.5 Å². The van der Waals surface area contributed by atoms with E-state index in [0.717, 1.165) is 28.9 Å². The third-order valence-electron chi connectivity index (χ3n) is 6.32. The summed E-state index contributed by atoms with van der Waals surface area (Å²) < 4.78 is 14.3. The monoisotopic (exact) mass is 422 g/mol. The molecular formula is C25H27FN2O3. The van der Waals surface area contributed by atoms with E-state index in [0.29, 0.717) is 35.5 Å². The van der Waals surface area contributed by atoms with E-state index in [1.165, 1.54) is 6.07 Å². The predicted molar refractivity (Wildman–Crippen MR) is 116 cm³/mol. The molecule has 1 unspecified atom stereocenters. The van der Waals surface area contributed by atoms with E-state index in [9.17, 15) is 19.1 Å². The Kier molecular flexibility index (Phi) is 5.92. The highest BCUT2D eigenvalue weighted by Crippen LogP contribution is 2.35. The van der Waals surface area contributed by atoms with Crippen LogP contribution in [0, 0.1) is 25.6 Å². The number of hydrogen-bond donors (Lipinski definition) is 1. The first-order valence-electron chi connectivity index (χ1n) is 10.7. The number of nitrogens with zero attached hydrogens (tertiary/aromatic N) is 2. The van der Waals surface area contributed by atoms with Gasteiger partial charge in [0.05, 0.1) is 12.1 Å². The molecule has 2 heterocycles. The van der Waals surface area contributed by atoms with Crippen molar-refractivity contribution in [3.05, 3.63) is 76.2 Å². The standard InChI is InChI=1S/C25H27FN2O3/c1-16-9-10-19(12-17(16)2)22-23(27-11-5-6-18(13-27)15-29)25(31)28(24(22)30)14-20-7-3-4-8-21(20)26/h3-4,7-10,12,18,29H,5-6,11,13-15H2,1-2H3. The molecule has 2 aromatic carbocycles. The number of hydrogen-bond acceptors (Lipinski definition) is 4. The number of benzene rings is 2. The van der Waals surface area contributed by atoms with E-state index in [-0.39, 0.29) is 19.1 Å². The molecule has 6 heteroatoms. The van der Waals surface area contributed by atoms with Crippen molar-refractivity contribution in [3.8, 4) is 0 Å². The highest BCUT2D eigenvalue weighted by molar-refractivity contribution is 6.35. The molecule has 1 fully saturated rings. The van der Waals surface area contributed by atoms with Crippen LogP contribution in [0.5, 0.6) is 0 Å². The van der Waals surface area contributed by atoms with Crippen molar-refractivity contribution >= 4 is 17.4 Å². The number of likely N-dealkylation sites (tertiary alicyclic amines) is 1. The molecule has 2 amide bonds. The molecule has 31 heavy (non-hydrogen) atoms. The SMILES string of the molecule is Cc1ccc(C2=C(N3CCCC(CO)C3)C(=O)N(Cc3ccccc3F)C2=O)cc1C. The molecule has 2 aromatic rings. The van der Waals surface area contributed by atoms with Gasteiger partial charge in [0.2, 0.25) is 0 Å². The second kappa shape index (κ2) is 8.63. The van der Waals surface area contributed by atoms with E-state index < -0.39 is 17.6 Å². The molecule has 0 bridgehead atoms. The van der Waals surface area contributed by atoms with E-state index >= 15 is 0 Å². The molecular weight excluding hydrogens is 395 g/mol. The molecule has 1 atom stereocenters. The molecule has 0 radical (unpaired) electrons. The van der Waals surface area contributed by atoms with Gasteiger partial charge in [-0.2, -0.15) is 0 Å². The fourth-order valence-electron chi connectivity index (χ4n) is 4.37. The van der Waals surface area contributed by atoms with Crippen LogP contribution in [0.15, 0.2) is 48.2 Å². The summed E-state index contributed by atoms with van der Waals surface area (Å²) in [6, 6.07) is 11.9. The van der Waals surface area contributed by atoms with Crippen LogP contribution in [0.25, 0.3) is 5.57 Å². The maximum atomic E-state index is 14.3. The van der Waals surface area contributed by atoms with Gasteiger partial charge in [-0.1, -0.05) is 36.4 Å². The minimum Gasteiger partial charge on any atom is -0.396 e. The van der Waals surface area contributed by atoms with Crippen molar-refractivity contribution in [3.63, 3.8) is 0 Å². The average molecular weight is 423 g/mol. The second-order valence-electron chi connectivity index (χ2n) is 8.45. The summed E-state index contributed by atoms with van der Waals surface area (Å²) in [5.74, 6) is -1.19. The van der Waals surface area contributed by atoms with Gasteiger partial charge in [0.25, 0.3) is 11.8 Å². The molecule has 0 aromatic heterocycles. The van der Waals surface area contributed by atoms with Gasteiger partial charge < -0.3 is 10.0 Å². The fraction of sp³-hybridized carbons (Fsp3) is 0.360. The van der Waals surface area contributed by atoms with Crippen molar-refractivity contribution in [2.45, 2.75) is 33.2 Å². The Bertz CT molecular complexity index is 1060. The van der Waals surface area contributed by atoms with Crippen molar-refractivity contribution in [1.29, 1.82) is 0 Å². The van der Waals surface area contributed by atoms with E-state index in [1.807, 2.05) is 36.9 Å². The molecule has 1 saturated heterocycles. The van der Waals surface area contributed by atoms with Crippen LogP contribution in [-0.2, 0) is 16.1 Å². The molecule has 1 N–H and O–H groups in total. The van der Waals surface area contributed by atoms with Gasteiger partial charge in [-0.3, -0.25) is 14.5 Å². The molecule has 0 saturated carbocycles. The number of carbonyl (C=O) groups excluding carboxylic acids is 2. The number of imide groups is 1. The Morgan fingerprint density at radius 1 is 1.06 bits per heavy atom. The van der Waals surface area contributed by atoms with Crippen molar-refractivity contribution in [2.24, 2.45) is 5.92 Å². The summed E-state index contributed by atoms with van der Waals surface area (Å²) in [5, 5.41) is 9.65. The Morgan fingerprint density at radius 2 is 1.84 bits per heavy atom. The first-order valence-corrected chi connectivity index (χ1v) is 10.7. The topological polar surface area (TPSA) is 60.9 Å². The van der Waals surface area contributed by atoms with Gasteiger partial charge in [0.15, 0.2) is 0 Å². The number of aliphatic hydroxyl groups is 1. The van der Waals surface area contributed by atoms with Gasteiger partial charge >= 0.3 is 0 Å². The van der Waals surface area contributed by atoms with E-state index in [2.05, 4.69) is 0 Å². The normalized spacial score (nSPS) is 19.5. The van der Waals surface area contributed by atoms with Gasteiger partial charge in [0, 0.05) is 25.3 Å². The predicted octanol–water partition coefficient (Wildman–Crippen LogP) is 3.43. The fourth-order valence-corrected chi connectivity index (χ4v) is 4.37. The molecule has 0 aliphatic carbocycles. The number of piperidine rings is 1. The number of halogens is 1. The van der Waals surface area contributed by atoms with Gasteiger partial charge in [-0.05, 0) is 55.4 Å². The Labute approximate surface area is 181 Å². The van der Waals surface area contributed by atoms with Gasteiger partial charge in [-0.15, -0.1) is 0 Å². The first-order chi connectivity index (χ1) is 14.9. The maximum Gasteiger partial charge on any atom is 0.278 e. The minimum absolute atomic E-state index is 0.0455. The lowest BCUT2D eigenvalue weighted by Gasteiger charge is -2.34. The molecule has 2 aliphatic rings. The van der Waals surface area contributed by atoms with Crippen LogP contribution in [0.4, 0.5) is 4.39 Å². The van der Waals surface area contributed by atoms with Crippen molar-refractivity contribution in [1.82, 2.24) is 9.80 Å². The Hall–Kier alpha value is -2.99. The van der Waals surface area contributed by atoms with Crippen molar-refractivity contribution < 1.29 is 19.1 Å². The average Bonchev–Trinajstić information content (AvgIpc) is 3.02. The second-order valence-corrected chi connectivity index (χ2v) is 8.45. The zero-order valence-electron chi connectivity index (χ0n) is 17.9. The lowest BCUT2D eigenvalue weighted by molar-refractivity contribution is -0.138. The maximum absolute atomic E-state index is 14.3. The quantitative estimate of drug-likeness (QED) is 0.750. The number of amides is 2. The summed E-state index contributed by atoms with van der Waals surface area (Å²) >= 11 is 0. The molecule has 162 valence electrons. The molecule has 0 spiro atoms. The molecule has 5 nitrogen and oxygen atoms in total. The number of carbonyl (C=O) groups is 2. The van der Waals surface area contributed by atoms with Crippen LogP contribution >= 0.6 is 0 Å². The van der Waals surface area contributed by atoms with E-state index in [4.69, 9.17) is 0 Å². The molecule has 2 aliphatic heterocycles.